The highest BCUT2D eigenvalue weighted by atomic mass is 19.1. The number of rotatable bonds is 14. The second kappa shape index (κ2) is 16.5. The van der Waals surface area contributed by atoms with E-state index in [-0.39, 0.29) is 44.0 Å². The third-order valence-electron chi connectivity index (χ3n) is 7.63. The molecule has 0 spiro atoms. The normalized spacial score (nSPS) is 12.5. The average Bonchev–Trinajstić information content (AvgIpc) is 3.04. The minimum atomic E-state index is -1.06. The van der Waals surface area contributed by atoms with Gasteiger partial charge in [0, 0.05) is 31.3 Å². The van der Waals surface area contributed by atoms with Crippen LogP contribution in [0.5, 0.6) is 0 Å². The molecule has 0 saturated heterocycles. The molecule has 4 amide bonds. The predicted molar refractivity (Wildman–Crippen MR) is 182 cm³/mol. The molecule has 9 heteroatoms. The maximum atomic E-state index is 13.8. The molecular formula is C38H43FN4O4. The van der Waals surface area contributed by atoms with E-state index in [1.807, 2.05) is 93.6 Å². The maximum absolute atomic E-state index is 13.8. The smallest absolute Gasteiger partial charge is 0.243 e. The van der Waals surface area contributed by atoms with E-state index in [1.165, 1.54) is 12.1 Å². The lowest BCUT2D eigenvalue weighted by molar-refractivity contribution is -0.132. The van der Waals surface area contributed by atoms with Crippen molar-refractivity contribution in [2.75, 3.05) is 0 Å². The molecule has 2 atom stereocenters. The van der Waals surface area contributed by atoms with Crippen molar-refractivity contribution in [2.45, 2.75) is 77.0 Å². The lowest BCUT2D eigenvalue weighted by atomic mass is 10.0. The molecule has 0 fully saturated rings. The van der Waals surface area contributed by atoms with Gasteiger partial charge in [-0.05, 0) is 73.2 Å². The highest BCUT2D eigenvalue weighted by Gasteiger charge is 2.28. The van der Waals surface area contributed by atoms with E-state index in [2.05, 4.69) is 21.3 Å². The summed E-state index contributed by atoms with van der Waals surface area (Å²) < 4.78 is 13.7. The predicted octanol–water partition coefficient (Wildman–Crippen LogP) is 5.14. The van der Waals surface area contributed by atoms with E-state index in [9.17, 15) is 23.6 Å². The maximum Gasteiger partial charge on any atom is 0.243 e. The molecule has 0 saturated carbocycles. The van der Waals surface area contributed by atoms with Gasteiger partial charge < -0.3 is 21.3 Å². The fraction of sp³-hybridized carbons (Fsp3) is 0.316. The van der Waals surface area contributed by atoms with E-state index in [0.29, 0.717) is 12.0 Å². The Kier molecular flexibility index (Phi) is 12.2. The zero-order valence-electron chi connectivity index (χ0n) is 27.1. The van der Waals surface area contributed by atoms with E-state index in [4.69, 9.17) is 0 Å². The minimum Gasteiger partial charge on any atom is -0.352 e. The topological polar surface area (TPSA) is 116 Å². The van der Waals surface area contributed by atoms with Crippen molar-refractivity contribution in [3.63, 3.8) is 0 Å². The SMILES string of the molecule is CC(C)(C)NC(=O)CCC(NC(=O)CCc1ccccc1)C(=O)NC(Cc1ccc(F)cc1)C(=O)NCc1cccc2ccccc12. The van der Waals surface area contributed by atoms with Crippen LogP contribution in [-0.4, -0.2) is 41.3 Å². The molecule has 4 aromatic carbocycles. The van der Waals surface area contributed by atoms with E-state index in [0.717, 1.165) is 21.9 Å². The van der Waals surface area contributed by atoms with Gasteiger partial charge in [0.1, 0.15) is 17.9 Å². The van der Waals surface area contributed by atoms with Crippen LogP contribution in [0.2, 0.25) is 0 Å². The van der Waals surface area contributed by atoms with Crippen LogP contribution in [0.3, 0.4) is 0 Å². The molecule has 0 aromatic heterocycles. The van der Waals surface area contributed by atoms with Gasteiger partial charge in [-0.25, -0.2) is 4.39 Å². The first-order valence-electron chi connectivity index (χ1n) is 15.9. The van der Waals surface area contributed by atoms with Gasteiger partial charge in [0.2, 0.25) is 23.6 Å². The van der Waals surface area contributed by atoms with E-state index >= 15 is 0 Å². The van der Waals surface area contributed by atoms with Crippen molar-refractivity contribution < 1.29 is 23.6 Å². The summed E-state index contributed by atoms with van der Waals surface area (Å²) in [7, 11) is 0. The zero-order chi connectivity index (χ0) is 33.8. The molecule has 0 heterocycles. The molecule has 47 heavy (non-hydrogen) atoms. The molecule has 0 aliphatic carbocycles. The second-order valence-electron chi connectivity index (χ2n) is 12.7. The molecular weight excluding hydrogens is 595 g/mol. The van der Waals surface area contributed by atoms with E-state index < -0.39 is 35.3 Å². The summed E-state index contributed by atoms with van der Waals surface area (Å²) in [6, 6.07) is 26.8. The Balaban J connectivity index is 1.50. The van der Waals surface area contributed by atoms with Crippen LogP contribution in [0.1, 0.15) is 56.7 Å². The van der Waals surface area contributed by atoms with Crippen LogP contribution in [0.15, 0.2) is 97.1 Å². The van der Waals surface area contributed by atoms with Gasteiger partial charge in [-0.3, -0.25) is 19.2 Å². The molecule has 0 aliphatic rings. The number of carbonyl (C=O) groups excluding carboxylic acids is 4. The number of hydrogen-bond acceptors (Lipinski definition) is 4. The lowest BCUT2D eigenvalue weighted by Crippen LogP contribution is -2.54. The minimum absolute atomic E-state index is 0.00969. The molecule has 8 nitrogen and oxygen atoms in total. The van der Waals surface area contributed by atoms with Crippen molar-refractivity contribution in [1.29, 1.82) is 0 Å². The van der Waals surface area contributed by atoms with Crippen molar-refractivity contribution in [1.82, 2.24) is 21.3 Å². The highest BCUT2D eigenvalue weighted by Crippen LogP contribution is 2.18. The molecule has 0 radical (unpaired) electrons. The number of benzene rings is 4. The van der Waals surface area contributed by atoms with Crippen LogP contribution in [0.4, 0.5) is 4.39 Å². The zero-order valence-corrected chi connectivity index (χ0v) is 27.1. The fourth-order valence-corrected chi connectivity index (χ4v) is 5.28. The molecule has 2 unspecified atom stereocenters. The van der Waals surface area contributed by atoms with Gasteiger partial charge in [-0.2, -0.15) is 0 Å². The summed E-state index contributed by atoms with van der Waals surface area (Å²) in [5.74, 6) is -2.05. The first kappa shape index (κ1) is 34.8. The van der Waals surface area contributed by atoms with Crippen LogP contribution in [0, 0.1) is 5.82 Å². The van der Waals surface area contributed by atoms with Crippen molar-refractivity contribution in [3.05, 3.63) is 120 Å². The Labute approximate surface area is 275 Å². The summed E-state index contributed by atoms with van der Waals surface area (Å²) in [6.45, 7) is 5.80. The van der Waals surface area contributed by atoms with Crippen LogP contribution in [0.25, 0.3) is 10.8 Å². The lowest BCUT2D eigenvalue weighted by Gasteiger charge is -2.24. The largest absolute Gasteiger partial charge is 0.352 e. The number of halogens is 1. The molecule has 4 N–H and O–H groups in total. The Morgan fingerprint density at radius 3 is 2.09 bits per heavy atom. The average molecular weight is 639 g/mol. The van der Waals surface area contributed by atoms with Crippen LogP contribution < -0.4 is 21.3 Å². The first-order valence-corrected chi connectivity index (χ1v) is 15.9. The van der Waals surface area contributed by atoms with Gasteiger partial charge in [0.15, 0.2) is 0 Å². The number of amides is 4. The molecule has 0 aliphatic heterocycles. The number of fused-ring (bicyclic) bond motifs is 1. The Morgan fingerprint density at radius 1 is 0.681 bits per heavy atom. The number of nitrogens with one attached hydrogen (secondary N) is 4. The van der Waals surface area contributed by atoms with Gasteiger partial charge in [0.05, 0.1) is 0 Å². The quantitative estimate of drug-likeness (QED) is 0.153. The monoisotopic (exact) mass is 638 g/mol. The third-order valence-corrected chi connectivity index (χ3v) is 7.63. The van der Waals surface area contributed by atoms with Crippen molar-refractivity contribution in [3.8, 4) is 0 Å². The standard InChI is InChI=1S/C38H43FN4O4/c1-38(2,3)43-35(45)23-21-32(41-34(44)22-18-26-10-5-4-6-11-26)37(47)42-33(24-27-16-19-30(39)20-17-27)36(46)40-25-29-14-9-13-28-12-7-8-15-31(28)29/h4-17,19-20,32-33H,18,21-25H2,1-3H3,(H,40,46)(H,41,44)(H,42,47)(H,43,45). The Hall–Kier alpha value is -5.05. The van der Waals surface area contributed by atoms with Crippen molar-refractivity contribution in [2.24, 2.45) is 0 Å². The van der Waals surface area contributed by atoms with E-state index in [1.54, 1.807) is 12.1 Å². The fourth-order valence-electron chi connectivity index (χ4n) is 5.28. The number of hydrogen-bond donors (Lipinski definition) is 4. The molecule has 4 rings (SSSR count). The van der Waals surface area contributed by atoms with Crippen molar-refractivity contribution >= 4 is 34.4 Å². The summed E-state index contributed by atoms with van der Waals surface area (Å²) >= 11 is 0. The van der Waals surface area contributed by atoms with Gasteiger partial charge >= 0.3 is 0 Å². The number of carbonyl (C=O) groups is 4. The van der Waals surface area contributed by atoms with Gasteiger partial charge in [0.25, 0.3) is 0 Å². The highest BCUT2D eigenvalue weighted by molar-refractivity contribution is 5.93. The molecule has 4 aromatic rings. The molecule has 0 bridgehead atoms. The van der Waals surface area contributed by atoms with Gasteiger partial charge in [-0.15, -0.1) is 0 Å². The summed E-state index contributed by atoms with van der Waals surface area (Å²) in [4.78, 5) is 53.0. The van der Waals surface area contributed by atoms with Crippen LogP contribution in [-0.2, 0) is 38.6 Å². The van der Waals surface area contributed by atoms with Crippen LogP contribution >= 0.6 is 0 Å². The number of aryl methyl sites for hydroxylation is 1. The second-order valence-corrected chi connectivity index (χ2v) is 12.7. The Morgan fingerprint density at radius 2 is 1.36 bits per heavy atom. The summed E-state index contributed by atoms with van der Waals surface area (Å²) in [6.07, 6.45) is 0.740. The Bertz CT molecular complexity index is 1660. The molecule has 246 valence electrons. The summed E-state index contributed by atoms with van der Waals surface area (Å²) in [5.41, 5.74) is 2.08. The first-order chi connectivity index (χ1) is 22.5. The summed E-state index contributed by atoms with van der Waals surface area (Å²) in [5, 5.41) is 13.5. The third kappa shape index (κ3) is 11.4. The van der Waals surface area contributed by atoms with Gasteiger partial charge in [-0.1, -0.05) is 84.9 Å².